The molecule has 0 fully saturated rings. The summed E-state index contributed by atoms with van der Waals surface area (Å²) in [4.78, 5) is 25.7. The summed E-state index contributed by atoms with van der Waals surface area (Å²) >= 11 is 7.32. The molecule has 1 aromatic heterocycles. The molecule has 0 unspecified atom stereocenters. The van der Waals surface area contributed by atoms with Gasteiger partial charge in [-0.25, -0.2) is 4.79 Å². The first kappa shape index (κ1) is 16.4. The monoisotopic (exact) mass is 350 g/mol. The largest absolute Gasteiger partial charge is 0.331 e. The van der Waals surface area contributed by atoms with Crippen LogP contribution in [-0.4, -0.2) is 20.8 Å². The SMILES string of the molecule is O=c1c(-c2ccccc2)c2n(c(=O)n1CCCCCl)CCCS2. The Morgan fingerprint density at radius 2 is 1.91 bits per heavy atom. The van der Waals surface area contributed by atoms with E-state index >= 15 is 0 Å². The van der Waals surface area contributed by atoms with Crippen molar-refractivity contribution in [3.8, 4) is 11.1 Å². The summed E-state index contributed by atoms with van der Waals surface area (Å²) in [5.74, 6) is 1.48. The molecule has 0 saturated carbocycles. The summed E-state index contributed by atoms with van der Waals surface area (Å²) < 4.78 is 3.14. The standard InChI is InChI=1S/C17H19ClN2O2S/c18-9-4-5-10-19-15(21)14(13-7-2-1-3-8-13)16-20(17(19)22)11-6-12-23-16/h1-3,7-8H,4-6,9-12H2. The third-order valence-electron chi connectivity index (χ3n) is 3.97. The average Bonchev–Trinajstić information content (AvgIpc) is 2.59. The molecule has 0 amide bonds. The third kappa shape index (κ3) is 3.26. The molecule has 2 heterocycles. The first-order valence-corrected chi connectivity index (χ1v) is 9.38. The van der Waals surface area contributed by atoms with Crippen molar-refractivity contribution >= 4 is 23.4 Å². The molecule has 1 aliphatic heterocycles. The summed E-state index contributed by atoms with van der Waals surface area (Å²) in [5, 5.41) is 0.811. The number of unbranched alkanes of at least 4 members (excludes halogenated alkanes) is 1. The minimum atomic E-state index is -0.188. The van der Waals surface area contributed by atoms with E-state index in [9.17, 15) is 9.59 Å². The summed E-state index contributed by atoms with van der Waals surface area (Å²) in [6.07, 6.45) is 2.48. The van der Waals surface area contributed by atoms with E-state index in [1.54, 1.807) is 16.3 Å². The van der Waals surface area contributed by atoms with Gasteiger partial charge in [0.1, 0.15) is 0 Å². The molecule has 0 radical (unpaired) electrons. The maximum Gasteiger partial charge on any atom is 0.331 e. The van der Waals surface area contributed by atoms with Gasteiger partial charge in [0.15, 0.2) is 0 Å². The predicted molar refractivity (Wildman–Crippen MR) is 95.7 cm³/mol. The van der Waals surface area contributed by atoms with Crippen LogP contribution in [-0.2, 0) is 13.1 Å². The lowest BCUT2D eigenvalue weighted by atomic mass is 10.1. The lowest BCUT2D eigenvalue weighted by Crippen LogP contribution is -2.42. The second-order valence-corrected chi connectivity index (χ2v) is 7.00. The van der Waals surface area contributed by atoms with Crippen molar-refractivity contribution in [2.24, 2.45) is 0 Å². The maximum atomic E-state index is 13.0. The van der Waals surface area contributed by atoms with Gasteiger partial charge in [-0.3, -0.25) is 13.9 Å². The number of aromatic nitrogens is 2. The quantitative estimate of drug-likeness (QED) is 0.472. The zero-order chi connectivity index (χ0) is 16.2. The van der Waals surface area contributed by atoms with Gasteiger partial charge in [-0.05, 0) is 24.8 Å². The van der Waals surface area contributed by atoms with E-state index in [4.69, 9.17) is 11.6 Å². The zero-order valence-electron chi connectivity index (χ0n) is 12.8. The van der Waals surface area contributed by atoms with E-state index < -0.39 is 0 Å². The fourth-order valence-corrected chi connectivity index (χ4v) is 4.16. The number of benzene rings is 1. The van der Waals surface area contributed by atoms with Crippen molar-refractivity contribution in [1.29, 1.82) is 0 Å². The summed E-state index contributed by atoms with van der Waals surface area (Å²) in [6, 6.07) is 9.63. The molecule has 0 N–H and O–H groups in total. The molecule has 0 saturated heterocycles. The van der Waals surface area contributed by atoms with Crippen molar-refractivity contribution in [1.82, 2.24) is 9.13 Å². The van der Waals surface area contributed by atoms with Gasteiger partial charge in [0.2, 0.25) is 0 Å². The maximum absolute atomic E-state index is 13.0. The number of thioether (sulfide) groups is 1. The highest BCUT2D eigenvalue weighted by Gasteiger charge is 2.22. The lowest BCUT2D eigenvalue weighted by molar-refractivity contribution is 0.496. The lowest BCUT2D eigenvalue weighted by Gasteiger charge is -2.22. The Balaban J connectivity index is 2.19. The Kier molecular flexibility index (Phi) is 5.28. The van der Waals surface area contributed by atoms with Crippen molar-refractivity contribution in [3.05, 3.63) is 51.2 Å². The minimum Gasteiger partial charge on any atom is -0.287 e. The number of rotatable bonds is 5. The second kappa shape index (κ2) is 7.41. The number of nitrogens with zero attached hydrogens (tertiary/aromatic N) is 2. The molecular formula is C17H19ClN2O2S. The van der Waals surface area contributed by atoms with Gasteiger partial charge in [-0.1, -0.05) is 30.3 Å². The van der Waals surface area contributed by atoms with Crippen LogP contribution < -0.4 is 11.2 Å². The molecule has 1 aliphatic rings. The molecule has 2 aromatic rings. The Morgan fingerprint density at radius 3 is 2.65 bits per heavy atom. The molecule has 122 valence electrons. The van der Waals surface area contributed by atoms with E-state index in [0.717, 1.165) is 35.6 Å². The highest BCUT2D eigenvalue weighted by Crippen LogP contribution is 2.31. The number of hydrogen-bond acceptors (Lipinski definition) is 3. The smallest absolute Gasteiger partial charge is 0.287 e. The highest BCUT2D eigenvalue weighted by molar-refractivity contribution is 7.99. The van der Waals surface area contributed by atoms with Crippen LogP contribution in [0.4, 0.5) is 0 Å². The van der Waals surface area contributed by atoms with E-state index in [0.29, 0.717) is 24.5 Å². The van der Waals surface area contributed by atoms with Crippen LogP contribution in [0, 0.1) is 0 Å². The Morgan fingerprint density at radius 1 is 1.13 bits per heavy atom. The number of fused-ring (bicyclic) bond motifs is 1. The van der Waals surface area contributed by atoms with Gasteiger partial charge in [-0.15, -0.1) is 23.4 Å². The second-order valence-electron chi connectivity index (χ2n) is 5.54. The predicted octanol–water partition coefficient (Wildman–Crippen LogP) is 3.19. The van der Waals surface area contributed by atoms with Gasteiger partial charge in [0, 0.05) is 24.7 Å². The van der Waals surface area contributed by atoms with E-state index in [1.807, 2.05) is 30.3 Å². The van der Waals surface area contributed by atoms with E-state index in [-0.39, 0.29) is 11.2 Å². The van der Waals surface area contributed by atoms with Gasteiger partial charge >= 0.3 is 5.69 Å². The molecule has 3 rings (SSSR count). The van der Waals surface area contributed by atoms with Crippen LogP contribution in [0.5, 0.6) is 0 Å². The van der Waals surface area contributed by atoms with Crippen molar-refractivity contribution in [2.45, 2.75) is 37.4 Å². The molecule has 0 spiro atoms. The summed E-state index contributed by atoms with van der Waals surface area (Å²) in [5.41, 5.74) is 1.16. The van der Waals surface area contributed by atoms with Gasteiger partial charge in [-0.2, -0.15) is 0 Å². The van der Waals surface area contributed by atoms with Crippen molar-refractivity contribution < 1.29 is 0 Å². The Hall–Kier alpha value is -1.46. The first-order valence-electron chi connectivity index (χ1n) is 7.86. The van der Waals surface area contributed by atoms with Crippen molar-refractivity contribution in [3.63, 3.8) is 0 Å². The van der Waals surface area contributed by atoms with E-state index in [1.165, 1.54) is 4.57 Å². The van der Waals surface area contributed by atoms with Crippen LogP contribution in [0.2, 0.25) is 0 Å². The zero-order valence-corrected chi connectivity index (χ0v) is 14.4. The topological polar surface area (TPSA) is 44.0 Å². The molecule has 0 atom stereocenters. The summed E-state index contributed by atoms with van der Waals surface area (Å²) in [7, 11) is 0. The fourth-order valence-electron chi connectivity index (χ4n) is 2.83. The van der Waals surface area contributed by atoms with Crippen molar-refractivity contribution in [2.75, 3.05) is 11.6 Å². The van der Waals surface area contributed by atoms with Gasteiger partial charge < -0.3 is 0 Å². The van der Waals surface area contributed by atoms with Crippen LogP contribution in [0.15, 0.2) is 44.9 Å². The third-order valence-corrected chi connectivity index (χ3v) is 5.43. The molecule has 4 nitrogen and oxygen atoms in total. The number of halogens is 1. The molecule has 0 aliphatic carbocycles. The van der Waals surface area contributed by atoms with E-state index in [2.05, 4.69) is 0 Å². The number of alkyl halides is 1. The Labute approximate surface area is 144 Å². The van der Waals surface area contributed by atoms with Crippen LogP contribution >= 0.6 is 23.4 Å². The average molecular weight is 351 g/mol. The molecule has 0 bridgehead atoms. The van der Waals surface area contributed by atoms with Crippen LogP contribution in [0.1, 0.15) is 19.3 Å². The molecule has 23 heavy (non-hydrogen) atoms. The first-order chi connectivity index (χ1) is 11.2. The van der Waals surface area contributed by atoms with Crippen LogP contribution in [0.3, 0.4) is 0 Å². The minimum absolute atomic E-state index is 0.184. The van der Waals surface area contributed by atoms with Gasteiger partial charge in [0.25, 0.3) is 5.56 Å². The fraction of sp³-hybridized carbons (Fsp3) is 0.412. The highest BCUT2D eigenvalue weighted by atomic mass is 35.5. The summed E-state index contributed by atoms with van der Waals surface area (Å²) in [6.45, 7) is 1.10. The molecule has 6 heteroatoms. The normalized spacial score (nSPS) is 13.8. The molecular weight excluding hydrogens is 332 g/mol. The Bertz CT molecular complexity index is 799. The van der Waals surface area contributed by atoms with Crippen LogP contribution in [0.25, 0.3) is 11.1 Å². The number of hydrogen-bond donors (Lipinski definition) is 0. The van der Waals surface area contributed by atoms with Gasteiger partial charge in [0.05, 0.1) is 10.6 Å². The molecule has 1 aromatic carbocycles.